The Morgan fingerprint density at radius 1 is 0.205 bits per heavy atom. The lowest BCUT2D eigenvalue weighted by Crippen LogP contribution is -2.17. The molecule has 0 unspecified atom stereocenters. The molecule has 0 saturated carbocycles. The van der Waals surface area contributed by atoms with Crippen molar-refractivity contribution in [3.8, 4) is 44.5 Å². The van der Waals surface area contributed by atoms with Crippen LogP contribution in [0.25, 0.3) is 44.5 Å². The SMILES string of the molecule is Cc1cc(C)c(N(c2cc(-c3cc(C(C)(C)C)cc(C(C)(C)C)c3)cc(-c3cc(C(C)(C)C)cc(C(C)(C)C)c3)c2)c2cc(-c3cc(C(C)(C)C)cc(C(C)(C)C)c3)cc(-c3cc(C(C)(C)C)cc(C(C)(C)C)c3)c2)c(C)c1. The molecule has 7 aromatic rings. The first-order chi connectivity index (χ1) is 35.4. The molecule has 0 aromatic heterocycles. The standard InChI is InChI=1S/C77H101N/c1-48-28-49(2)69(50(3)29-48)78(67-40-51(55-32-59(70(4,5)6)44-60(33-55)71(7,8)9)30-52(41-67)56-34-61(72(10,11)12)45-62(35-56)73(13,14)15)68-42-53(57-36-63(74(16,17)18)46-64(37-57)75(19,20)21)31-54(43-68)58-38-65(76(22,23)24)47-66(39-58)77(25,26)27/h28-47H,1-27H3. The van der Waals surface area contributed by atoms with Gasteiger partial charge in [0.25, 0.3) is 0 Å². The number of hydrogen-bond donors (Lipinski definition) is 0. The Morgan fingerprint density at radius 2 is 0.372 bits per heavy atom. The van der Waals surface area contributed by atoms with Crippen LogP contribution in [0, 0.1) is 20.8 Å². The summed E-state index contributed by atoms with van der Waals surface area (Å²) in [6.45, 7) is 63.3. The Bertz CT molecular complexity index is 2820. The number of aryl methyl sites for hydroxylation is 3. The maximum absolute atomic E-state index is 2.62. The number of anilines is 3. The summed E-state index contributed by atoms with van der Waals surface area (Å²) in [5.74, 6) is 0. The second-order valence-electron chi connectivity index (χ2n) is 31.8. The second kappa shape index (κ2) is 20.5. The minimum atomic E-state index is -0.0492. The van der Waals surface area contributed by atoms with Crippen molar-refractivity contribution in [3.63, 3.8) is 0 Å². The molecule has 0 heterocycles. The highest BCUT2D eigenvalue weighted by Gasteiger charge is 2.29. The molecule has 0 saturated heterocycles. The molecule has 0 bridgehead atoms. The van der Waals surface area contributed by atoms with E-state index in [-0.39, 0.29) is 43.3 Å². The molecule has 0 spiro atoms. The zero-order valence-corrected chi connectivity index (χ0v) is 54.0. The van der Waals surface area contributed by atoms with Gasteiger partial charge < -0.3 is 4.90 Å². The molecule has 78 heavy (non-hydrogen) atoms. The van der Waals surface area contributed by atoms with Crippen LogP contribution >= 0.6 is 0 Å². The number of nitrogens with zero attached hydrogens (tertiary/aromatic N) is 1. The van der Waals surface area contributed by atoms with E-state index in [9.17, 15) is 0 Å². The third-order valence-corrected chi connectivity index (χ3v) is 16.2. The summed E-state index contributed by atoms with van der Waals surface area (Å²) in [5, 5.41) is 0. The van der Waals surface area contributed by atoms with Crippen LogP contribution in [0.3, 0.4) is 0 Å². The van der Waals surface area contributed by atoms with Crippen molar-refractivity contribution in [3.05, 3.63) is 183 Å². The van der Waals surface area contributed by atoms with Gasteiger partial charge in [-0.05, 0) is 201 Å². The van der Waals surface area contributed by atoms with E-state index in [1.165, 1.54) is 111 Å². The Hall–Kier alpha value is -5.66. The van der Waals surface area contributed by atoms with Crippen LogP contribution in [-0.2, 0) is 43.3 Å². The zero-order chi connectivity index (χ0) is 58.4. The minimum absolute atomic E-state index is 0.0492. The number of rotatable bonds is 7. The Balaban J connectivity index is 1.72. The second-order valence-corrected chi connectivity index (χ2v) is 31.8. The molecule has 7 rings (SSSR count). The average molecular weight is 1040 g/mol. The van der Waals surface area contributed by atoms with Crippen molar-refractivity contribution < 1.29 is 0 Å². The zero-order valence-electron chi connectivity index (χ0n) is 54.0. The van der Waals surface area contributed by atoms with E-state index in [1.807, 2.05) is 0 Å². The summed E-state index contributed by atoms with van der Waals surface area (Å²) < 4.78 is 0. The number of hydrogen-bond acceptors (Lipinski definition) is 1. The van der Waals surface area contributed by atoms with Gasteiger partial charge in [-0.25, -0.2) is 0 Å². The predicted molar refractivity (Wildman–Crippen MR) is 347 cm³/mol. The molecule has 0 N–H and O–H groups in total. The largest absolute Gasteiger partial charge is 0.310 e. The van der Waals surface area contributed by atoms with Crippen molar-refractivity contribution in [2.75, 3.05) is 4.90 Å². The molecule has 7 aromatic carbocycles. The maximum Gasteiger partial charge on any atom is 0.0520 e. The van der Waals surface area contributed by atoms with Gasteiger partial charge in [0.05, 0.1) is 5.69 Å². The van der Waals surface area contributed by atoms with Crippen molar-refractivity contribution >= 4 is 17.1 Å². The van der Waals surface area contributed by atoms with E-state index in [0.29, 0.717) is 0 Å². The molecular weight excluding hydrogens is 939 g/mol. The van der Waals surface area contributed by atoms with Crippen LogP contribution in [0.1, 0.15) is 227 Å². The van der Waals surface area contributed by atoms with E-state index >= 15 is 0 Å². The molecule has 414 valence electrons. The van der Waals surface area contributed by atoms with Gasteiger partial charge in [0, 0.05) is 11.4 Å². The molecule has 0 aliphatic rings. The molecule has 0 fully saturated rings. The van der Waals surface area contributed by atoms with Gasteiger partial charge >= 0.3 is 0 Å². The summed E-state index contributed by atoms with van der Waals surface area (Å²) in [4.78, 5) is 2.62. The lowest BCUT2D eigenvalue weighted by molar-refractivity contribution is 0.568. The quantitative estimate of drug-likeness (QED) is 0.154. The fraction of sp³-hybridized carbons (Fsp3) is 0.455. The van der Waals surface area contributed by atoms with E-state index < -0.39 is 0 Å². The molecule has 0 amide bonds. The van der Waals surface area contributed by atoms with Gasteiger partial charge in [0.2, 0.25) is 0 Å². The van der Waals surface area contributed by atoms with Crippen LogP contribution in [-0.4, -0.2) is 0 Å². The summed E-state index contributed by atoms with van der Waals surface area (Å²) >= 11 is 0. The van der Waals surface area contributed by atoms with Crippen LogP contribution in [0.15, 0.2) is 121 Å². The van der Waals surface area contributed by atoms with Crippen molar-refractivity contribution in [2.24, 2.45) is 0 Å². The van der Waals surface area contributed by atoms with Crippen molar-refractivity contribution in [2.45, 2.75) is 230 Å². The van der Waals surface area contributed by atoms with Gasteiger partial charge in [-0.3, -0.25) is 0 Å². The predicted octanol–water partition coefficient (Wildman–Crippen LogP) is 23.1. The molecule has 0 aliphatic carbocycles. The van der Waals surface area contributed by atoms with Crippen LogP contribution in [0.4, 0.5) is 17.1 Å². The minimum Gasteiger partial charge on any atom is -0.310 e. The lowest BCUT2D eigenvalue weighted by Gasteiger charge is -2.32. The van der Waals surface area contributed by atoms with E-state index in [1.54, 1.807) is 0 Å². The van der Waals surface area contributed by atoms with Gasteiger partial charge in [0.1, 0.15) is 0 Å². The lowest BCUT2D eigenvalue weighted by atomic mass is 9.78. The fourth-order valence-corrected chi connectivity index (χ4v) is 10.7. The van der Waals surface area contributed by atoms with E-state index in [0.717, 1.165) is 11.4 Å². The fourth-order valence-electron chi connectivity index (χ4n) is 10.7. The first-order valence-electron chi connectivity index (χ1n) is 29.2. The van der Waals surface area contributed by atoms with Gasteiger partial charge in [-0.1, -0.05) is 257 Å². The Morgan fingerprint density at radius 3 is 0.538 bits per heavy atom. The highest BCUT2D eigenvalue weighted by molar-refractivity contribution is 5.91. The van der Waals surface area contributed by atoms with Crippen molar-refractivity contribution in [1.82, 2.24) is 0 Å². The highest BCUT2D eigenvalue weighted by Crippen LogP contribution is 2.48. The topological polar surface area (TPSA) is 3.24 Å². The van der Waals surface area contributed by atoms with E-state index in [2.05, 4.69) is 313 Å². The first kappa shape index (κ1) is 60.0. The normalized spacial score (nSPS) is 13.3. The third kappa shape index (κ3) is 13.5. The maximum atomic E-state index is 2.62. The summed E-state index contributed by atoms with van der Waals surface area (Å²) in [5.41, 5.74) is 27.4. The monoisotopic (exact) mass is 1040 g/mol. The van der Waals surface area contributed by atoms with Gasteiger partial charge in [0.15, 0.2) is 0 Å². The summed E-state index contributed by atoms with van der Waals surface area (Å²) in [6.07, 6.45) is 0. The third-order valence-electron chi connectivity index (χ3n) is 16.2. The average Bonchev–Trinajstić information content (AvgIpc) is 3.29. The molecule has 0 radical (unpaired) electrons. The molecular formula is C77H101N. The molecule has 0 atom stereocenters. The van der Waals surface area contributed by atoms with E-state index in [4.69, 9.17) is 0 Å². The summed E-state index contributed by atoms with van der Waals surface area (Å²) in [7, 11) is 0. The Kier molecular flexibility index (Phi) is 15.7. The molecule has 1 nitrogen and oxygen atoms in total. The highest BCUT2D eigenvalue weighted by atomic mass is 15.1. The van der Waals surface area contributed by atoms with Crippen LogP contribution in [0.5, 0.6) is 0 Å². The molecule has 1 heteroatoms. The number of benzene rings is 7. The van der Waals surface area contributed by atoms with Crippen molar-refractivity contribution in [1.29, 1.82) is 0 Å². The smallest absolute Gasteiger partial charge is 0.0520 e. The van der Waals surface area contributed by atoms with Crippen LogP contribution in [0.2, 0.25) is 0 Å². The Labute approximate surface area is 476 Å². The summed E-state index contributed by atoms with van der Waals surface area (Å²) in [6, 6.07) is 49.3. The van der Waals surface area contributed by atoms with Gasteiger partial charge in [-0.2, -0.15) is 0 Å². The van der Waals surface area contributed by atoms with Gasteiger partial charge in [-0.15, -0.1) is 0 Å². The van der Waals surface area contributed by atoms with Crippen LogP contribution < -0.4 is 4.90 Å². The first-order valence-corrected chi connectivity index (χ1v) is 29.2. The molecule has 0 aliphatic heterocycles.